The van der Waals surface area contributed by atoms with Crippen molar-refractivity contribution in [1.82, 2.24) is 4.90 Å². The number of ether oxygens (including phenoxy) is 1. The zero-order valence-corrected chi connectivity index (χ0v) is 16.9. The second kappa shape index (κ2) is 8.32. The Hall–Kier alpha value is -2.74. The number of furan rings is 1. The maximum absolute atomic E-state index is 12.5. The first-order valence-electron chi connectivity index (χ1n) is 9.55. The van der Waals surface area contributed by atoms with Gasteiger partial charge in [-0.2, -0.15) is 0 Å². The quantitative estimate of drug-likeness (QED) is 0.757. The molecule has 1 N–H and O–H groups in total. The van der Waals surface area contributed by atoms with Gasteiger partial charge in [-0.15, -0.1) is 11.8 Å². The molecule has 0 saturated carbocycles. The molecule has 1 aromatic heterocycles. The minimum atomic E-state index is -0.750. The highest BCUT2D eigenvalue weighted by Gasteiger charge is 2.43. The summed E-state index contributed by atoms with van der Waals surface area (Å²) in [7, 11) is 0. The number of thioether (sulfide) groups is 1. The molecule has 2 atom stereocenters. The Kier molecular flexibility index (Phi) is 5.62. The van der Waals surface area contributed by atoms with E-state index >= 15 is 0 Å². The van der Waals surface area contributed by atoms with Gasteiger partial charge >= 0.3 is 5.97 Å². The number of esters is 1. The van der Waals surface area contributed by atoms with Gasteiger partial charge in [0.2, 0.25) is 5.91 Å². The Morgan fingerprint density at radius 2 is 2.07 bits per heavy atom. The minimum absolute atomic E-state index is 0.249. The largest absolute Gasteiger partial charge is 0.466 e. The summed E-state index contributed by atoms with van der Waals surface area (Å²) in [5.74, 6) is -0.253. The molecule has 8 heteroatoms. The molecular formula is C21H22N2O5S. The van der Waals surface area contributed by atoms with Crippen LogP contribution >= 0.6 is 11.8 Å². The number of nitrogens with zero attached hydrogens (tertiary/aromatic N) is 1. The van der Waals surface area contributed by atoms with Crippen LogP contribution in [-0.4, -0.2) is 41.1 Å². The van der Waals surface area contributed by atoms with E-state index in [2.05, 4.69) is 5.32 Å². The monoisotopic (exact) mass is 414 g/mol. The molecule has 1 saturated heterocycles. The number of nitrogens with one attached hydrogen (secondary N) is 1. The molecule has 2 aliphatic rings. The van der Waals surface area contributed by atoms with Crippen molar-refractivity contribution >= 4 is 35.2 Å². The van der Waals surface area contributed by atoms with Crippen molar-refractivity contribution in [3.05, 3.63) is 53.5 Å². The number of benzene rings is 1. The van der Waals surface area contributed by atoms with Gasteiger partial charge in [0, 0.05) is 18.4 Å². The van der Waals surface area contributed by atoms with E-state index in [9.17, 15) is 14.4 Å². The van der Waals surface area contributed by atoms with Gasteiger partial charge in [0.25, 0.3) is 5.91 Å². The van der Waals surface area contributed by atoms with Crippen LogP contribution in [0.15, 0.2) is 41.0 Å². The number of hydrogen-bond acceptors (Lipinski definition) is 6. The van der Waals surface area contributed by atoms with E-state index in [1.165, 1.54) is 41.0 Å². The molecule has 0 unspecified atom stereocenters. The van der Waals surface area contributed by atoms with Gasteiger partial charge in [-0.05, 0) is 54.7 Å². The van der Waals surface area contributed by atoms with Crippen LogP contribution in [0.25, 0.3) is 0 Å². The standard InChI is InChI=1S/C21H22N2O5S/c1-13(24)23-17(12-29-20(23)18-6-3-9-27-18)21(26)28-11-19(25)22-16-8-7-14-4-2-5-15(14)10-16/h3,6-10,17,20H,2,4-5,11-12H2,1H3,(H,22,25)/t17-,20-/m0/s1. The van der Waals surface area contributed by atoms with Crippen molar-refractivity contribution in [3.63, 3.8) is 0 Å². The number of carbonyl (C=O) groups excluding carboxylic acids is 3. The summed E-state index contributed by atoms with van der Waals surface area (Å²) in [6.07, 6.45) is 4.76. The molecule has 1 aliphatic carbocycles. The van der Waals surface area contributed by atoms with Crippen LogP contribution in [-0.2, 0) is 32.0 Å². The number of fused-ring (bicyclic) bond motifs is 1. The molecule has 152 valence electrons. The second-order valence-electron chi connectivity index (χ2n) is 7.14. The number of carbonyl (C=O) groups is 3. The SMILES string of the molecule is CC(=O)N1[C@H](C(=O)OCC(=O)Nc2ccc3c(c2)CCC3)CS[C@H]1c1ccco1. The van der Waals surface area contributed by atoms with Crippen molar-refractivity contribution in [3.8, 4) is 0 Å². The van der Waals surface area contributed by atoms with Gasteiger partial charge in [0.15, 0.2) is 6.61 Å². The highest BCUT2D eigenvalue weighted by molar-refractivity contribution is 7.99. The first-order chi connectivity index (χ1) is 14.0. The Labute approximate surface area is 172 Å². The zero-order chi connectivity index (χ0) is 20.4. The van der Waals surface area contributed by atoms with E-state index in [0.717, 1.165) is 19.3 Å². The molecule has 2 amide bonds. The summed E-state index contributed by atoms with van der Waals surface area (Å²) in [5.41, 5.74) is 3.28. The fraction of sp³-hybridized carbons (Fsp3) is 0.381. The lowest BCUT2D eigenvalue weighted by atomic mass is 10.1. The van der Waals surface area contributed by atoms with Crippen molar-refractivity contribution < 1.29 is 23.5 Å². The maximum Gasteiger partial charge on any atom is 0.330 e. The van der Waals surface area contributed by atoms with E-state index in [-0.39, 0.29) is 11.3 Å². The number of aryl methyl sites for hydroxylation is 2. The number of hydrogen-bond donors (Lipinski definition) is 1. The molecule has 2 heterocycles. The highest BCUT2D eigenvalue weighted by atomic mass is 32.2. The average molecular weight is 414 g/mol. The minimum Gasteiger partial charge on any atom is -0.466 e. The van der Waals surface area contributed by atoms with Gasteiger partial charge in [-0.3, -0.25) is 9.59 Å². The predicted octanol–water partition coefficient (Wildman–Crippen LogP) is 2.91. The Balaban J connectivity index is 1.34. The van der Waals surface area contributed by atoms with Crippen LogP contribution in [0.2, 0.25) is 0 Å². The molecule has 1 aliphatic heterocycles. The Morgan fingerprint density at radius 3 is 2.83 bits per heavy atom. The summed E-state index contributed by atoms with van der Waals surface area (Å²) >= 11 is 1.43. The molecule has 0 bridgehead atoms. The van der Waals surface area contributed by atoms with E-state index in [0.29, 0.717) is 17.2 Å². The lowest BCUT2D eigenvalue weighted by Crippen LogP contribution is -2.43. The van der Waals surface area contributed by atoms with Gasteiger partial charge in [-0.25, -0.2) is 4.79 Å². The molecule has 1 fully saturated rings. The lowest BCUT2D eigenvalue weighted by molar-refractivity contribution is -0.155. The molecule has 1 aromatic carbocycles. The first-order valence-corrected chi connectivity index (χ1v) is 10.6. The summed E-state index contributed by atoms with van der Waals surface area (Å²) < 4.78 is 10.6. The Morgan fingerprint density at radius 1 is 1.24 bits per heavy atom. The van der Waals surface area contributed by atoms with Gasteiger partial charge in [-0.1, -0.05) is 6.07 Å². The van der Waals surface area contributed by atoms with Crippen LogP contribution in [0, 0.1) is 0 Å². The molecule has 0 radical (unpaired) electrons. The van der Waals surface area contributed by atoms with Gasteiger partial charge in [0.1, 0.15) is 17.2 Å². The highest BCUT2D eigenvalue weighted by Crippen LogP contribution is 2.41. The van der Waals surface area contributed by atoms with Crippen LogP contribution in [0.4, 0.5) is 5.69 Å². The van der Waals surface area contributed by atoms with Crippen LogP contribution in [0.1, 0.15) is 35.6 Å². The normalized spacial score (nSPS) is 20.4. The van der Waals surface area contributed by atoms with Gasteiger partial charge in [0.05, 0.1) is 6.26 Å². The average Bonchev–Trinajstić information content (AvgIpc) is 3.44. The predicted molar refractivity (Wildman–Crippen MR) is 108 cm³/mol. The fourth-order valence-corrected chi connectivity index (χ4v) is 5.22. The molecule has 4 rings (SSSR count). The molecule has 29 heavy (non-hydrogen) atoms. The summed E-state index contributed by atoms with van der Waals surface area (Å²) in [5, 5.41) is 2.39. The molecule has 7 nitrogen and oxygen atoms in total. The van der Waals surface area contributed by atoms with E-state index in [1.54, 1.807) is 12.1 Å². The maximum atomic E-state index is 12.5. The van der Waals surface area contributed by atoms with Crippen LogP contribution in [0.5, 0.6) is 0 Å². The number of rotatable bonds is 5. The second-order valence-corrected chi connectivity index (χ2v) is 8.25. The Bertz CT molecular complexity index is 927. The van der Waals surface area contributed by atoms with E-state index < -0.39 is 24.5 Å². The number of anilines is 1. The zero-order valence-electron chi connectivity index (χ0n) is 16.1. The van der Waals surface area contributed by atoms with Crippen molar-refractivity contribution in [2.45, 2.75) is 37.6 Å². The third-order valence-electron chi connectivity index (χ3n) is 5.15. The molecule has 2 aromatic rings. The van der Waals surface area contributed by atoms with Crippen LogP contribution < -0.4 is 5.32 Å². The third kappa shape index (κ3) is 4.17. The van der Waals surface area contributed by atoms with E-state index in [4.69, 9.17) is 9.15 Å². The lowest BCUT2D eigenvalue weighted by Gasteiger charge is -2.25. The molecule has 0 spiro atoms. The van der Waals surface area contributed by atoms with Crippen molar-refractivity contribution in [2.75, 3.05) is 17.7 Å². The first kappa shape index (κ1) is 19.6. The van der Waals surface area contributed by atoms with Crippen LogP contribution in [0.3, 0.4) is 0 Å². The third-order valence-corrected chi connectivity index (χ3v) is 6.43. The summed E-state index contributed by atoms with van der Waals surface area (Å²) in [6.45, 7) is 1.01. The van der Waals surface area contributed by atoms with E-state index in [1.807, 2.05) is 18.2 Å². The van der Waals surface area contributed by atoms with Gasteiger partial charge < -0.3 is 19.4 Å². The summed E-state index contributed by atoms with van der Waals surface area (Å²) in [6, 6.07) is 8.62. The van der Waals surface area contributed by atoms with Crippen molar-refractivity contribution in [2.24, 2.45) is 0 Å². The smallest absolute Gasteiger partial charge is 0.330 e. The fourth-order valence-electron chi connectivity index (χ4n) is 3.80. The summed E-state index contributed by atoms with van der Waals surface area (Å²) in [4.78, 5) is 38.3. The van der Waals surface area contributed by atoms with Crippen molar-refractivity contribution in [1.29, 1.82) is 0 Å². The number of amides is 2. The molecular weight excluding hydrogens is 392 g/mol. The topological polar surface area (TPSA) is 88.8 Å².